The normalized spacial score (nSPS) is 15.9. The summed E-state index contributed by atoms with van der Waals surface area (Å²) in [5.74, 6) is -0.284. The van der Waals surface area contributed by atoms with E-state index in [-0.39, 0.29) is 11.4 Å². The molecule has 1 aromatic rings. The van der Waals surface area contributed by atoms with Crippen LogP contribution >= 0.6 is 0 Å². The minimum Gasteiger partial charge on any atom is -0.423 e. The lowest BCUT2D eigenvalue weighted by Gasteiger charge is -2.07. The van der Waals surface area contributed by atoms with E-state index in [1.807, 2.05) is 0 Å². The summed E-state index contributed by atoms with van der Waals surface area (Å²) in [5.41, 5.74) is 0.618. The van der Waals surface area contributed by atoms with Crippen molar-refractivity contribution in [3.63, 3.8) is 0 Å². The van der Waals surface area contributed by atoms with Crippen molar-refractivity contribution in [3.05, 3.63) is 23.8 Å². The van der Waals surface area contributed by atoms with Gasteiger partial charge in [0.05, 0.1) is 6.20 Å². The highest BCUT2D eigenvalue weighted by Crippen LogP contribution is 2.40. The molecule has 1 fully saturated rings. The highest BCUT2D eigenvalue weighted by Gasteiger charge is 2.32. The quantitative estimate of drug-likeness (QED) is 0.620. The summed E-state index contributed by atoms with van der Waals surface area (Å²) in [6.45, 7) is 0. The summed E-state index contributed by atoms with van der Waals surface area (Å²) in [5, 5.41) is 17.9. The third kappa shape index (κ3) is 1.57. The van der Waals surface area contributed by atoms with Crippen molar-refractivity contribution in [2.45, 2.75) is 18.8 Å². The van der Waals surface area contributed by atoms with E-state index in [2.05, 4.69) is 4.98 Å². The van der Waals surface area contributed by atoms with Gasteiger partial charge in [-0.15, -0.1) is 0 Å². The molecule has 0 radical (unpaired) electrons. The zero-order valence-electron chi connectivity index (χ0n) is 6.94. The molecule has 1 aliphatic carbocycles. The molecular weight excluding hydrogens is 172 g/mol. The number of nitrogens with zero attached hydrogens (tertiary/aromatic N) is 1. The smallest absolute Gasteiger partial charge is 0.423 e. The molecule has 3 nitrogen and oxygen atoms in total. The maximum absolute atomic E-state index is 13.2. The van der Waals surface area contributed by atoms with Crippen LogP contribution in [-0.4, -0.2) is 22.2 Å². The topological polar surface area (TPSA) is 53.4 Å². The molecule has 0 saturated heterocycles. The van der Waals surface area contributed by atoms with Crippen LogP contribution in [-0.2, 0) is 0 Å². The van der Waals surface area contributed by atoms with Crippen LogP contribution in [0.15, 0.2) is 12.4 Å². The van der Waals surface area contributed by atoms with Crippen molar-refractivity contribution in [2.24, 2.45) is 0 Å². The summed E-state index contributed by atoms with van der Waals surface area (Å²) >= 11 is 0. The van der Waals surface area contributed by atoms with E-state index in [0.717, 1.165) is 19.0 Å². The van der Waals surface area contributed by atoms with Crippen LogP contribution in [0.25, 0.3) is 0 Å². The minimum atomic E-state index is -1.63. The van der Waals surface area contributed by atoms with Crippen LogP contribution < -0.4 is 5.46 Å². The van der Waals surface area contributed by atoms with Crippen molar-refractivity contribution in [1.29, 1.82) is 0 Å². The lowest BCUT2D eigenvalue weighted by atomic mass is 9.77. The van der Waals surface area contributed by atoms with E-state index in [1.54, 1.807) is 0 Å². The number of pyridine rings is 1. The first kappa shape index (κ1) is 8.65. The number of halogens is 1. The largest absolute Gasteiger partial charge is 0.490 e. The lowest BCUT2D eigenvalue weighted by Crippen LogP contribution is -2.34. The standard InChI is InChI=1S/C8H9BFNO2/c10-7-4-11-3-6(9(12)13)8(7)5-1-2-5/h3-5,12-13H,1-2H2. The second-order valence-corrected chi connectivity index (χ2v) is 3.27. The zero-order valence-corrected chi connectivity index (χ0v) is 6.94. The first-order valence-electron chi connectivity index (χ1n) is 4.19. The van der Waals surface area contributed by atoms with Crippen LogP contribution in [0.4, 0.5) is 4.39 Å². The van der Waals surface area contributed by atoms with Crippen molar-refractivity contribution in [3.8, 4) is 0 Å². The first-order valence-corrected chi connectivity index (χ1v) is 4.19. The van der Waals surface area contributed by atoms with Gasteiger partial charge in [0.2, 0.25) is 0 Å². The van der Waals surface area contributed by atoms with Gasteiger partial charge in [-0.2, -0.15) is 0 Å². The maximum Gasteiger partial charge on any atom is 0.490 e. The molecule has 2 N–H and O–H groups in total. The van der Waals surface area contributed by atoms with Gasteiger partial charge in [0.15, 0.2) is 0 Å². The van der Waals surface area contributed by atoms with Crippen molar-refractivity contribution in [2.75, 3.05) is 0 Å². The van der Waals surface area contributed by atoms with Gasteiger partial charge in [-0.05, 0) is 24.3 Å². The molecule has 0 aromatic carbocycles. The number of aromatic nitrogens is 1. The predicted octanol–water partition coefficient (Wildman–Crippen LogP) is -0.222. The van der Waals surface area contributed by atoms with Crippen LogP contribution in [0.2, 0.25) is 0 Å². The Hall–Kier alpha value is -0.935. The van der Waals surface area contributed by atoms with Gasteiger partial charge in [-0.1, -0.05) is 0 Å². The monoisotopic (exact) mass is 181 g/mol. The third-order valence-corrected chi connectivity index (χ3v) is 2.23. The average molecular weight is 181 g/mol. The molecule has 2 rings (SSSR count). The number of hydrogen-bond acceptors (Lipinski definition) is 3. The van der Waals surface area contributed by atoms with Gasteiger partial charge in [-0.25, -0.2) is 4.39 Å². The minimum absolute atomic E-state index is 0.153. The molecule has 68 valence electrons. The van der Waals surface area contributed by atoms with Gasteiger partial charge in [0, 0.05) is 11.7 Å². The van der Waals surface area contributed by atoms with E-state index >= 15 is 0 Å². The van der Waals surface area contributed by atoms with E-state index in [1.165, 1.54) is 6.20 Å². The first-order chi connectivity index (χ1) is 6.20. The molecule has 0 unspecified atom stereocenters. The molecule has 1 aliphatic rings. The van der Waals surface area contributed by atoms with E-state index in [0.29, 0.717) is 5.56 Å². The summed E-state index contributed by atoms with van der Waals surface area (Å²) in [4.78, 5) is 3.58. The fourth-order valence-corrected chi connectivity index (χ4v) is 1.47. The van der Waals surface area contributed by atoms with Crippen molar-refractivity contribution < 1.29 is 14.4 Å². The molecule has 5 heteroatoms. The molecule has 1 heterocycles. The van der Waals surface area contributed by atoms with Gasteiger partial charge < -0.3 is 10.0 Å². The Bertz CT molecular complexity index is 328. The third-order valence-electron chi connectivity index (χ3n) is 2.23. The Morgan fingerprint density at radius 2 is 2.08 bits per heavy atom. The Kier molecular flexibility index (Phi) is 2.05. The second kappa shape index (κ2) is 3.08. The van der Waals surface area contributed by atoms with Gasteiger partial charge in [-0.3, -0.25) is 4.98 Å². The molecule has 0 aliphatic heterocycles. The summed E-state index contributed by atoms with van der Waals surface area (Å²) in [6.07, 6.45) is 4.25. The molecule has 1 saturated carbocycles. The molecule has 0 atom stereocenters. The highest BCUT2D eigenvalue weighted by atomic mass is 19.1. The fraction of sp³-hybridized carbons (Fsp3) is 0.375. The summed E-state index contributed by atoms with van der Waals surface area (Å²) < 4.78 is 13.2. The van der Waals surface area contributed by atoms with Crippen molar-refractivity contribution >= 4 is 12.6 Å². The molecule has 13 heavy (non-hydrogen) atoms. The zero-order chi connectivity index (χ0) is 9.42. The van der Waals surface area contributed by atoms with E-state index in [9.17, 15) is 4.39 Å². The number of rotatable bonds is 2. The molecular formula is C8H9BFNO2. The molecule has 0 amide bonds. The predicted molar refractivity (Wildman–Crippen MR) is 46.0 cm³/mol. The van der Waals surface area contributed by atoms with Gasteiger partial charge >= 0.3 is 7.12 Å². The van der Waals surface area contributed by atoms with E-state index in [4.69, 9.17) is 10.0 Å². The molecule has 0 spiro atoms. The van der Waals surface area contributed by atoms with E-state index < -0.39 is 12.9 Å². The van der Waals surface area contributed by atoms with Crippen LogP contribution in [0.3, 0.4) is 0 Å². The fourth-order valence-electron chi connectivity index (χ4n) is 1.47. The number of hydrogen-bond donors (Lipinski definition) is 2. The Labute approximate surface area is 75.4 Å². The van der Waals surface area contributed by atoms with Crippen LogP contribution in [0.1, 0.15) is 24.3 Å². The Morgan fingerprint density at radius 3 is 2.62 bits per heavy atom. The van der Waals surface area contributed by atoms with Crippen molar-refractivity contribution in [1.82, 2.24) is 4.98 Å². The van der Waals surface area contributed by atoms with Gasteiger partial charge in [0.1, 0.15) is 5.82 Å². The average Bonchev–Trinajstić information content (AvgIpc) is 2.86. The Morgan fingerprint density at radius 1 is 1.38 bits per heavy atom. The SMILES string of the molecule is OB(O)c1cncc(F)c1C1CC1. The summed E-state index contributed by atoms with van der Waals surface area (Å²) in [7, 11) is -1.63. The maximum atomic E-state index is 13.2. The lowest BCUT2D eigenvalue weighted by molar-refractivity contribution is 0.424. The van der Waals surface area contributed by atoms with Gasteiger partial charge in [0.25, 0.3) is 0 Å². The summed E-state index contributed by atoms with van der Waals surface area (Å²) in [6, 6.07) is 0. The Balaban J connectivity index is 2.47. The highest BCUT2D eigenvalue weighted by molar-refractivity contribution is 6.59. The molecule has 1 aromatic heterocycles. The van der Waals surface area contributed by atoms with Crippen LogP contribution in [0, 0.1) is 5.82 Å². The van der Waals surface area contributed by atoms with Crippen LogP contribution in [0.5, 0.6) is 0 Å². The molecule has 0 bridgehead atoms. The second-order valence-electron chi connectivity index (χ2n) is 3.27.